The van der Waals surface area contributed by atoms with Gasteiger partial charge < -0.3 is 26.0 Å². The minimum atomic E-state index is -1.20. The number of ether oxygens (including phenoxy) is 1. The van der Waals surface area contributed by atoms with Crippen molar-refractivity contribution in [2.75, 3.05) is 0 Å². The second kappa shape index (κ2) is 16.2. The molecule has 10 heteroatoms. The largest absolute Gasteiger partial charge is 0.445 e. The summed E-state index contributed by atoms with van der Waals surface area (Å²) in [6.45, 7) is 1.64. The molecule has 0 fully saturated rings. The molecule has 1 aliphatic rings. The van der Waals surface area contributed by atoms with Crippen LogP contribution >= 0.6 is 0 Å². The van der Waals surface area contributed by atoms with Crippen molar-refractivity contribution in [3.63, 3.8) is 0 Å². The number of benzene rings is 4. The molecule has 4 amide bonds. The Kier molecular flexibility index (Phi) is 11.3. The summed E-state index contributed by atoms with van der Waals surface area (Å²) >= 11 is 0. The molecule has 5 rings (SSSR count). The highest BCUT2D eigenvalue weighted by atomic mass is 16.5. The van der Waals surface area contributed by atoms with Gasteiger partial charge in [-0.25, -0.2) is 4.79 Å². The first kappa shape index (κ1) is 33.6. The van der Waals surface area contributed by atoms with E-state index in [2.05, 4.69) is 21.3 Å². The van der Waals surface area contributed by atoms with Crippen LogP contribution < -0.4 is 21.3 Å². The van der Waals surface area contributed by atoms with E-state index in [-0.39, 0.29) is 26.0 Å². The zero-order valence-corrected chi connectivity index (χ0v) is 26.6. The Balaban J connectivity index is 1.38. The predicted molar refractivity (Wildman–Crippen MR) is 180 cm³/mol. The van der Waals surface area contributed by atoms with Gasteiger partial charge in [-0.3, -0.25) is 19.2 Å². The highest BCUT2D eigenvalue weighted by Crippen LogP contribution is 2.23. The molecule has 0 spiro atoms. The molecule has 3 atom stereocenters. The molecular weight excluding hydrogens is 608 g/mol. The number of hydrogen-bond donors (Lipinski definition) is 4. The highest BCUT2D eigenvalue weighted by molar-refractivity contribution is 6.38. The number of carbonyl (C=O) groups is 5. The number of rotatable bonds is 8. The summed E-state index contributed by atoms with van der Waals surface area (Å²) < 4.78 is 5.35. The molecule has 4 bridgehead atoms. The normalized spacial score (nSPS) is 17.1. The Hall–Kier alpha value is -5.77. The molecule has 4 aromatic rings. The van der Waals surface area contributed by atoms with Crippen LogP contribution in [0.4, 0.5) is 4.79 Å². The fourth-order valence-electron chi connectivity index (χ4n) is 5.41. The molecule has 0 radical (unpaired) electrons. The van der Waals surface area contributed by atoms with Crippen molar-refractivity contribution in [3.8, 4) is 11.1 Å². The molecule has 0 saturated heterocycles. The molecule has 1 aliphatic heterocycles. The maximum Gasteiger partial charge on any atom is 0.408 e. The Labute approximate surface area is 279 Å². The van der Waals surface area contributed by atoms with Crippen molar-refractivity contribution in [1.82, 2.24) is 21.3 Å². The summed E-state index contributed by atoms with van der Waals surface area (Å²) in [6.07, 6.45) is -0.112. The standard InChI is InChI=1S/C38H38N4O6/c1-25-35(44)41-32(19-18-27-14-8-16-30(20-27)31-17-9-15-29(21-31)24-48-38(47)40-25)36(45)42-33(22-26-10-4-2-5-11-26)34(43)37(46)39-23-28-12-6-3-7-13-28/h2-17,20-21,25,32-33H,18-19,22-24H2,1H3,(H,39,46)(H,40,47)(H,41,44)(H,42,45)/t25-,32-,33-/m0/s1. The summed E-state index contributed by atoms with van der Waals surface area (Å²) in [6, 6.07) is 30.4. The summed E-state index contributed by atoms with van der Waals surface area (Å²) in [5.74, 6) is -2.88. The monoisotopic (exact) mass is 646 g/mol. The van der Waals surface area contributed by atoms with E-state index >= 15 is 0 Å². The summed E-state index contributed by atoms with van der Waals surface area (Å²) in [7, 11) is 0. The van der Waals surface area contributed by atoms with Crippen LogP contribution in [0, 0.1) is 0 Å². The number of nitrogens with one attached hydrogen (secondary N) is 4. The Bertz CT molecular complexity index is 1760. The minimum Gasteiger partial charge on any atom is -0.445 e. The van der Waals surface area contributed by atoms with Gasteiger partial charge in [0.25, 0.3) is 5.91 Å². The number of hydrogen-bond acceptors (Lipinski definition) is 6. The van der Waals surface area contributed by atoms with Gasteiger partial charge >= 0.3 is 6.09 Å². The molecule has 0 saturated carbocycles. The van der Waals surface area contributed by atoms with Crippen LogP contribution in [0.5, 0.6) is 0 Å². The molecule has 1 heterocycles. The van der Waals surface area contributed by atoms with Gasteiger partial charge in [0, 0.05) is 13.0 Å². The van der Waals surface area contributed by atoms with Gasteiger partial charge in [-0.05, 0) is 59.2 Å². The number of aryl methyl sites for hydroxylation is 1. The van der Waals surface area contributed by atoms with E-state index in [9.17, 15) is 24.0 Å². The van der Waals surface area contributed by atoms with Crippen molar-refractivity contribution < 1.29 is 28.7 Å². The molecule has 0 unspecified atom stereocenters. The first-order valence-corrected chi connectivity index (χ1v) is 15.9. The van der Waals surface area contributed by atoms with Gasteiger partial charge in [0.2, 0.25) is 17.6 Å². The van der Waals surface area contributed by atoms with Crippen LogP contribution in [-0.2, 0) is 49.9 Å². The maximum absolute atomic E-state index is 13.9. The number of alkyl carbamates (subject to hydrolysis) is 1. The molecule has 0 aromatic heterocycles. The average Bonchev–Trinajstić information content (AvgIpc) is 3.11. The van der Waals surface area contributed by atoms with Crippen LogP contribution in [0.1, 0.15) is 35.6 Å². The number of fused-ring (bicyclic) bond motifs is 5. The van der Waals surface area contributed by atoms with E-state index in [1.807, 2.05) is 84.9 Å². The van der Waals surface area contributed by atoms with Gasteiger partial charge in [-0.1, -0.05) is 103 Å². The van der Waals surface area contributed by atoms with Gasteiger partial charge in [-0.15, -0.1) is 0 Å². The number of carbonyl (C=O) groups excluding carboxylic acids is 5. The number of ketones is 1. The van der Waals surface area contributed by atoms with Crippen LogP contribution in [-0.4, -0.2) is 47.7 Å². The van der Waals surface area contributed by atoms with Crippen LogP contribution in [0.2, 0.25) is 0 Å². The molecule has 10 nitrogen and oxygen atoms in total. The van der Waals surface area contributed by atoms with E-state index in [1.54, 1.807) is 24.3 Å². The van der Waals surface area contributed by atoms with Crippen LogP contribution in [0.25, 0.3) is 11.1 Å². The number of cyclic esters (lactones) is 1. The Morgan fingerprint density at radius 1 is 0.792 bits per heavy atom. The van der Waals surface area contributed by atoms with Crippen molar-refractivity contribution in [2.45, 2.75) is 57.5 Å². The average molecular weight is 647 g/mol. The van der Waals surface area contributed by atoms with Crippen molar-refractivity contribution in [3.05, 3.63) is 131 Å². The maximum atomic E-state index is 13.9. The number of Topliss-reactive ketones (excluding diaryl/α,β-unsaturated/α-hetero) is 1. The topological polar surface area (TPSA) is 143 Å². The second-order valence-corrected chi connectivity index (χ2v) is 11.7. The summed E-state index contributed by atoms with van der Waals surface area (Å²) in [4.78, 5) is 66.2. The SMILES string of the molecule is C[C@@H]1NC(=O)OCc2cccc(c2)-c2cccc(c2)CC[C@@H](C(=O)N[C@@H](Cc2ccccc2)C(=O)C(=O)NCc2ccccc2)NC1=O. The molecule has 4 aromatic carbocycles. The smallest absolute Gasteiger partial charge is 0.408 e. The predicted octanol–water partition coefficient (Wildman–Crippen LogP) is 4.01. The van der Waals surface area contributed by atoms with Crippen LogP contribution in [0.3, 0.4) is 0 Å². The lowest BCUT2D eigenvalue weighted by atomic mass is 9.97. The fourth-order valence-corrected chi connectivity index (χ4v) is 5.41. The number of amides is 4. The van der Waals surface area contributed by atoms with Crippen molar-refractivity contribution >= 4 is 29.6 Å². The lowest BCUT2D eigenvalue weighted by Crippen LogP contribution is -2.56. The van der Waals surface area contributed by atoms with E-state index in [1.165, 1.54) is 6.92 Å². The fraction of sp³-hybridized carbons (Fsp3) is 0.237. The lowest BCUT2D eigenvalue weighted by molar-refractivity contribution is -0.140. The van der Waals surface area contributed by atoms with Gasteiger partial charge in [0.15, 0.2) is 0 Å². The quantitative estimate of drug-likeness (QED) is 0.213. The van der Waals surface area contributed by atoms with E-state index in [0.29, 0.717) is 6.42 Å². The zero-order valence-electron chi connectivity index (χ0n) is 26.6. The van der Waals surface area contributed by atoms with E-state index in [4.69, 9.17) is 4.74 Å². The van der Waals surface area contributed by atoms with Crippen molar-refractivity contribution in [1.29, 1.82) is 0 Å². The highest BCUT2D eigenvalue weighted by Gasteiger charge is 2.31. The first-order valence-electron chi connectivity index (χ1n) is 15.9. The third kappa shape index (κ3) is 9.38. The zero-order chi connectivity index (χ0) is 33.9. The summed E-state index contributed by atoms with van der Waals surface area (Å²) in [5, 5.41) is 10.6. The Morgan fingerprint density at radius 2 is 1.42 bits per heavy atom. The van der Waals surface area contributed by atoms with Crippen LogP contribution in [0.15, 0.2) is 109 Å². The Morgan fingerprint density at radius 3 is 2.10 bits per heavy atom. The third-order valence-corrected chi connectivity index (χ3v) is 8.07. The summed E-state index contributed by atoms with van der Waals surface area (Å²) in [5.41, 5.74) is 5.17. The van der Waals surface area contributed by atoms with Crippen molar-refractivity contribution in [2.24, 2.45) is 0 Å². The molecule has 48 heavy (non-hydrogen) atoms. The first-order chi connectivity index (χ1) is 23.2. The minimum absolute atomic E-state index is 0.00842. The van der Waals surface area contributed by atoms with E-state index < -0.39 is 47.7 Å². The molecule has 0 aliphatic carbocycles. The second-order valence-electron chi connectivity index (χ2n) is 11.7. The van der Waals surface area contributed by atoms with Gasteiger partial charge in [-0.2, -0.15) is 0 Å². The van der Waals surface area contributed by atoms with Gasteiger partial charge in [0.1, 0.15) is 24.7 Å². The van der Waals surface area contributed by atoms with Gasteiger partial charge in [0.05, 0.1) is 0 Å². The molecule has 4 N–H and O–H groups in total. The third-order valence-electron chi connectivity index (χ3n) is 8.07. The molecular formula is C38H38N4O6. The lowest BCUT2D eigenvalue weighted by Gasteiger charge is -2.24. The van der Waals surface area contributed by atoms with E-state index in [0.717, 1.165) is 33.4 Å². The molecule has 246 valence electrons.